The van der Waals surface area contributed by atoms with Crippen LogP contribution in [0.15, 0.2) is 36.5 Å². The van der Waals surface area contributed by atoms with Crippen molar-refractivity contribution in [1.82, 2.24) is 24.6 Å². The van der Waals surface area contributed by atoms with Crippen LogP contribution < -0.4 is 5.32 Å². The summed E-state index contributed by atoms with van der Waals surface area (Å²) in [6, 6.07) is 10.1. The van der Waals surface area contributed by atoms with Gasteiger partial charge in [0.05, 0.1) is 0 Å². The quantitative estimate of drug-likeness (QED) is 0.589. The van der Waals surface area contributed by atoms with E-state index in [4.69, 9.17) is 0 Å². The number of carbonyl (C=O) groups excluding carboxylic acids is 1. The van der Waals surface area contributed by atoms with Crippen LogP contribution in [0.25, 0.3) is 5.78 Å². The molecule has 1 N–H and O–H groups in total. The molecule has 7 nitrogen and oxygen atoms in total. The third kappa shape index (κ3) is 3.56. The molecular weight excluding hydrogens is 360 g/mol. The molecule has 0 saturated heterocycles. The highest BCUT2D eigenvalue weighted by Crippen LogP contribution is 2.22. The van der Waals surface area contributed by atoms with Crippen molar-refractivity contribution in [2.75, 3.05) is 5.32 Å². The maximum absolute atomic E-state index is 12.5. The Balaban J connectivity index is 1.51. The van der Waals surface area contributed by atoms with E-state index in [1.54, 1.807) is 10.7 Å². The van der Waals surface area contributed by atoms with Crippen LogP contribution in [0.4, 0.5) is 5.13 Å². The molecule has 3 aromatic heterocycles. The number of rotatable bonds is 4. The van der Waals surface area contributed by atoms with Gasteiger partial charge in [-0.2, -0.15) is 4.98 Å². The van der Waals surface area contributed by atoms with E-state index in [2.05, 4.69) is 44.4 Å². The molecule has 3 heterocycles. The molecule has 0 bridgehead atoms. The van der Waals surface area contributed by atoms with E-state index in [1.165, 1.54) is 22.5 Å². The van der Waals surface area contributed by atoms with Crippen LogP contribution in [0.2, 0.25) is 0 Å². The summed E-state index contributed by atoms with van der Waals surface area (Å²) in [5, 5.41) is 7.55. The molecule has 0 fully saturated rings. The predicted octanol–water partition coefficient (Wildman–Crippen LogP) is 3.35. The number of nitrogens with one attached hydrogen (secondary N) is 1. The van der Waals surface area contributed by atoms with Crippen LogP contribution in [0.3, 0.4) is 0 Å². The number of aromatic nitrogens is 5. The number of carbonyl (C=O) groups is 1. The molecule has 0 unspecified atom stereocenters. The van der Waals surface area contributed by atoms with Gasteiger partial charge in [0.2, 0.25) is 5.82 Å². The van der Waals surface area contributed by atoms with Gasteiger partial charge in [-0.3, -0.25) is 10.1 Å². The summed E-state index contributed by atoms with van der Waals surface area (Å²) >= 11 is 1.45. The summed E-state index contributed by atoms with van der Waals surface area (Å²) in [7, 11) is 0. The fourth-order valence-electron chi connectivity index (χ4n) is 2.86. The van der Waals surface area contributed by atoms with Gasteiger partial charge in [0.1, 0.15) is 0 Å². The topological polar surface area (TPSA) is 85.1 Å². The number of fused-ring (bicyclic) bond motifs is 1. The van der Waals surface area contributed by atoms with Gasteiger partial charge in [0.15, 0.2) is 5.13 Å². The van der Waals surface area contributed by atoms with Crippen LogP contribution >= 0.6 is 11.3 Å². The smallest absolute Gasteiger partial charge is 0.295 e. The lowest BCUT2D eigenvalue weighted by Crippen LogP contribution is -2.13. The van der Waals surface area contributed by atoms with Crippen LogP contribution in [0.1, 0.15) is 38.0 Å². The molecular formula is C19H18N6OS. The summed E-state index contributed by atoms with van der Waals surface area (Å²) in [6.07, 6.45) is 2.58. The second-order valence-electron chi connectivity index (χ2n) is 6.38. The Morgan fingerprint density at radius 2 is 2.00 bits per heavy atom. The van der Waals surface area contributed by atoms with Crippen LogP contribution in [0.5, 0.6) is 0 Å². The van der Waals surface area contributed by atoms with Gasteiger partial charge in [-0.15, -0.1) is 16.4 Å². The minimum absolute atomic E-state index is 0.0758. The van der Waals surface area contributed by atoms with E-state index in [0.717, 1.165) is 22.7 Å². The molecule has 0 radical (unpaired) electrons. The van der Waals surface area contributed by atoms with E-state index in [-0.39, 0.29) is 5.82 Å². The molecule has 0 atom stereocenters. The van der Waals surface area contributed by atoms with Crippen LogP contribution in [0, 0.1) is 20.8 Å². The lowest BCUT2D eigenvalue weighted by atomic mass is 10.1. The van der Waals surface area contributed by atoms with Crippen molar-refractivity contribution in [1.29, 1.82) is 0 Å². The molecule has 27 heavy (non-hydrogen) atoms. The Morgan fingerprint density at radius 3 is 2.81 bits per heavy atom. The number of hydrogen-bond acceptors (Lipinski definition) is 6. The van der Waals surface area contributed by atoms with Crippen molar-refractivity contribution < 1.29 is 4.79 Å². The maximum atomic E-state index is 12.5. The average Bonchev–Trinajstić information content (AvgIpc) is 3.24. The summed E-state index contributed by atoms with van der Waals surface area (Å²) in [5.74, 6) is 0.0956. The molecule has 136 valence electrons. The first-order valence-electron chi connectivity index (χ1n) is 8.51. The van der Waals surface area contributed by atoms with Gasteiger partial charge in [0.25, 0.3) is 11.7 Å². The van der Waals surface area contributed by atoms with Crippen molar-refractivity contribution in [2.45, 2.75) is 27.2 Å². The van der Waals surface area contributed by atoms with Crippen molar-refractivity contribution in [3.63, 3.8) is 0 Å². The molecule has 0 aliphatic carbocycles. The zero-order chi connectivity index (χ0) is 19.0. The first kappa shape index (κ1) is 17.3. The Hall–Kier alpha value is -3.13. The van der Waals surface area contributed by atoms with Crippen molar-refractivity contribution >= 4 is 28.2 Å². The Kier molecular flexibility index (Phi) is 4.41. The van der Waals surface area contributed by atoms with Crippen LogP contribution in [-0.2, 0) is 6.42 Å². The lowest BCUT2D eigenvalue weighted by molar-refractivity contribution is 0.101. The Morgan fingerprint density at radius 1 is 1.19 bits per heavy atom. The maximum Gasteiger partial charge on any atom is 0.297 e. The number of amides is 1. The summed E-state index contributed by atoms with van der Waals surface area (Å²) in [5.41, 5.74) is 4.19. The molecule has 4 rings (SSSR count). The molecule has 0 saturated carbocycles. The largest absolute Gasteiger partial charge is 0.297 e. The van der Waals surface area contributed by atoms with Crippen molar-refractivity contribution in [3.05, 3.63) is 69.7 Å². The van der Waals surface area contributed by atoms with Gasteiger partial charge >= 0.3 is 0 Å². The fourth-order valence-corrected chi connectivity index (χ4v) is 3.69. The number of anilines is 1. The van der Waals surface area contributed by atoms with Gasteiger partial charge in [-0.05, 0) is 38.0 Å². The standard InChI is InChI=1S/C19H18N6OS/c1-11-6-4-5-7-14(11)9-15-10-20-19(27-15)23-17(26)16-22-18-21-12(2)8-13(3)25(18)24-16/h4-8,10H,9H2,1-3H3,(H,20,23,26). The number of hydrogen-bond donors (Lipinski definition) is 1. The minimum Gasteiger partial charge on any atom is -0.295 e. The van der Waals surface area contributed by atoms with E-state index in [9.17, 15) is 4.79 Å². The Bertz CT molecular complexity index is 1150. The van der Waals surface area contributed by atoms with Crippen molar-refractivity contribution in [3.8, 4) is 0 Å². The van der Waals surface area contributed by atoms with Gasteiger partial charge in [-0.1, -0.05) is 24.3 Å². The lowest BCUT2D eigenvalue weighted by Gasteiger charge is -2.02. The highest BCUT2D eigenvalue weighted by atomic mass is 32.1. The van der Waals surface area contributed by atoms with Crippen LogP contribution in [-0.4, -0.2) is 30.5 Å². The van der Waals surface area contributed by atoms with Gasteiger partial charge < -0.3 is 0 Å². The average molecular weight is 378 g/mol. The third-order valence-corrected chi connectivity index (χ3v) is 5.13. The number of aryl methyl sites for hydroxylation is 3. The number of thiazole rings is 1. The molecule has 1 amide bonds. The summed E-state index contributed by atoms with van der Waals surface area (Å²) < 4.78 is 1.56. The summed E-state index contributed by atoms with van der Waals surface area (Å²) in [4.78, 5) is 26.4. The SMILES string of the molecule is Cc1cc(C)n2nc(C(=O)Nc3ncc(Cc4ccccc4C)s3)nc2n1. The molecule has 0 aliphatic rings. The molecule has 0 aliphatic heterocycles. The highest BCUT2D eigenvalue weighted by Gasteiger charge is 2.16. The second kappa shape index (κ2) is 6.88. The highest BCUT2D eigenvalue weighted by molar-refractivity contribution is 7.15. The van der Waals surface area contributed by atoms with Gasteiger partial charge in [-0.25, -0.2) is 14.5 Å². The number of benzene rings is 1. The minimum atomic E-state index is -0.394. The molecule has 0 spiro atoms. The monoisotopic (exact) mass is 378 g/mol. The van der Waals surface area contributed by atoms with E-state index < -0.39 is 5.91 Å². The second-order valence-corrected chi connectivity index (χ2v) is 7.49. The van der Waals surface area contributed by atoms with Crippen molar-refractivity contribution in [2.24, 2.45) is 0 Å². The van der Waals surface area contributed by atoms with E-state index in [0.29, 0.717) is 10.9 Å². The predicted molar refractivity (Wildman–Crippen MR) is 104 cm³/mol. The molecule has 8 heteroatoms. The summed E-state index contributed by atoms with van der Waals surface area (Å²) in [6.45, 7) is 5.87. The van der Waals surface area contributed by atoms with E-state index in [1.807, 2.05) is 32.0 Å². The zero-order valence-electron chi connectivity index (χ0n) is 15.2. The molecule has 1 aromatic carbocycles. The zero-order valence-corrected chi connectivity index (χ0v) is 16.0. The normalized spacial score (nSPS) is 11.1. The third-order valence-electron chi connectivity index (χ3n) is 4.22. The fraction of sp³-hybridized carbons (Fsp3) is 0.211. The first-order valence-corrected chi connectivity index (χ1v) is 9.33. The molecule has 4 aromatic rings. The first-order chi connectivity index (χ1) is 13.0. The van der Waals surface area contributed by atoms with Gasteiger partial charge in [0, 0.05) is 28.9 Å². The number of nitrogens with zero attached hydrogens (tertiary/aromatic N) is 5. The Labute approximate surface area is 160 Å². The van der Waals surface area contributed by atoms with E-state index >= 15 is 0 Å².